The van der Waals surface area contributed by atoms with Gasteiger partial charge >= 0.3 is 0 Å². The molecule has 0 saturated carbocycles. The molecule has 1 aliphatic carbocycles. The quantitative estimate of drug-likeness (QED) is 0.0773. The number of fused-ring (bicyclic) bond motifs is 2. The van der Waals surface area contributed by atoms with Gasteiger partial charge in [0.05, 0.1) is 11.2 Å². The van der Waals surface area contributed by atoms with Gasteiger partial charge in [-0.05, 0) is 116 Å². The van der Waals surface area contributed by atoms with Gasteiger partial charge in [-0.3, -0.25) is 9.35 Å². The number of benzene rings is 3. The van der Waals surface area contributed by atoms with E-state index in [-0.39, 0.29) is 22.5 Å². The first-order valence-electron chi connectivity index (χ1n) is 18.8. The van der Waals surface area contributed by atoms with E-state index in [1.54, 1.807) is 0 Å². The fourth-order valence-electron chi connectivity index (χ4n) is 8.06. The number of unbranched alkanes of at least 4 members (excludes halogenated alkanes) is 1. The molecule has 0 aromatic heterocycles. The lowest BCUT2D eigenvalue weighted by Crippen LogP contribution is -2.29. The van der Waals surface area contributed by atoms with Gasteiger partial charge in [0.25, 0.3) is 16.0 Å². The molecule has 0 saturated heterocycles. The number of rotatable bonds is 13. The number of hydrogen-bond donors (Lipinski definition) is 2. The maximum atomic E-state index is 12.8. The molecular formula is C44H50ClIN3O4S+. The molecule has 0 fully saturated rings. The molecule has 0 atom stereocenters. The van der Waals surface area contributed by atoms with Gasteiger partial charge in [0.2, 0.25) is 5.69 Å². The van der Waals surface area contributed by atoms with Crippen LogP contribution in [0.5, 0.6) is 0 Å². The molecule has 0 unspecified atom stereocenters. The van der Waals surface area contributed by atoms with E-state index in [9.17, 15) is 17.8 Å². The number of anilines is 1. The maximum absolute atomic E-state index is 12.8. The molecule has 0 spiro atoms. The van der Waals surface area contributed by atoms with Crippen LogP contribution >= 0.6 is 34.2 Å². The zero-order chi connectivity index (χ0) is 38.7. The van der Waals surface area contributed by atoms with Crippen LogP contribution < -0.4 is 10.2 Å². The lowest BCUT2D eigenvalue weighted by molar-refractivity contribution is -0.437. The van der Waals surface area contributed by atoms with Crippen molar-refractivity contribution in [1.82, 2.24) is 5.32 Å². The second-order valence-electron chi connectivity index (χ2n) is 15.4. The van der Waals surface area contributed by atoms with Crippen molar-refractivity contribution in [2.75, 3.05) is 30.3 Å². The minimum Gasteiger partial charge on any atom is -0.352 e. The van der Waals surface area contributed by atoms with Crippen LogP contribution in [-0.2, 0) is 20.9 Å². The van der Waals surface area contributed by atoms with E-state index in [0.29, 0.717) is 31.5 Å². The molecule has 284 valence electrons. The number of allylic oxidation sites excluding steroid dienone is 8. The lowest BCUT2D eigenvalue weighted by Gasteiger charge is -2.27. The van der Waals surface area contributed by atoms with Crippen LogP contribution in [0.3, 0.4) is 0 Å². The zero-order valence-electron chi connectivity index (χ0n) is 31.5. The highest BCUT2D eigenvalue weighted by Gasteiger charge is 2.44. The molecule has 0 bridgehead atoms. The van der Waals surface area contributed by atoms with Crippen LogP contribution in [0, 0.1) is 3.57 Å². The topological polar surface area (TPSA) is 89.7 Å². The molecule has 2 N–H and O–H groups in total. The van der Waals surface area contributed by atoms with Crippen molar-refractivity contribution < 1.29 is 22.3 Å². The summed E-state index contributed by atoms with van der Waals surface area (Å²) in [4.78, 5) is 15.1. The molecule has 6 rings (SSSR count). The fourth-order valence-corrected chi connectivity index (χ4v) is 9.48. The van der Waals surface area contributed by atoms with E-state index in [2.05, 4.69) is 132 Å². The highest BCUT2D eigenvalue weighted by Crippen LogP contribution is 2.48. The summed E-state index contributed by atoms with van der Waals surface area (Å²) in [6.45, 7) is 11.0. The Morgan fingerprint density at radius 1 is 0.926 bits per heavy atom. The number of para-hydroxylation sites is 2. The minimum absolute atomic E-state index is 0.0532. The summed E-state index contributed by atoms with van der Waals surface area (Å²) in [6.07, 6.45) is 13.4. The van der Waals surface area contributed by atoms with E-state index in [0.717, 1.165) is 63.4 Å². The van der Waals surface area contributed by atoms with E-state index < -0.39 is 10.1 Å². The molecule has 10 heteroatoms. The molecule has 54 heavy (non-hydrogen) atoms. The summed E-state index contributed by atoms with van der Waals surface area (Å²) in [5.41, 5.74) is 9.62. The average Bonchev–Trinajstić information content (AvgIpc) is 3.48. The summed E-state index contributed by atoms with van der Waals surface area (Å²) in [5, 5.41) is 3.89. The van der Waals surface area contributed by atoms with Crippen LogP contribution in [-0.4, -0.2) is 54.6 Å². The molecular weight excluding hydrogens is 826 g/mol. The third kappa shape index (κ3) is 8.80. The summed E-state index contributed by atoms with van der Waals surface area (Å²) in [5.74, 6) is -0.291. The summed E-state index contributed by atoms with van der Waals surface area (Å²) in [7, 11) is -3.99. The van der Waals surface area contributed by atoms with Gasteiger partial charge in [-0.25, -0.2) is 0 Å². The molecule has 3 aromatic rings. The Labute approximate surface area is 339 Å². The van der Waals surface area contributed by atoms with E-state index in [4.69, 9.17) is 11.6 Å². The first-order chi connectivity index (χ1) is 25.7. The Hall–Kier alpha value is -3.51. The zero-order valence-corrected chi connectivity index (χ0v) is 35.3. The normalized spacial score (nSPS) is 19.3. The largest absolute Gasteiger partial charge is 0.352 e. The first-order valence-corrected chi connectivity index (χ1v) is 21.8. The van der Waals surface area contributed by atoms with Crippen molar-refractivity contribution in [3.63, 3.8) is 0 Å². The van der Waals surface area contributed by atoms with Crippen molar-refractivity contribution in [1.29, 1.82) is 0 Å². The van der Waals surface area contributed by atoms with Crippen LogP contribution in [0.15, 0.2) is 119 Å². The summed E-state index contributed by atoms with van der Waals surface area (Å²) in [6, 6.07) is 24.6. The number of nitrogens with one attached hydrogen (secondary N) is 1. The predicted octanol–water partition coefficient (Wildman–Crippen LogP) is 10.00. The van der Waals surface area contributed by atoms with Gasteiger partial charge in [0.1, 0.15) is 0 Å². The van der Waals surface area contributed by atoms with Gasteiger partial charge in [0, 0.05) is 68.2 Å². The van der Waals surface area contributed by atoms with Crippen LogP contribution in [0.2, 0.25) is 0 Å². The molecule has 3 aromatic carbocycles. The molecule has 2 heterocycles. The van der Waals surface area contributed by atoms with E-state index in [1.807, 2.05) is 30.3 Å². The molecule has 7 nitrogen and oxygen atoms in total. The van der Waals surface area contributed by atoms with Crippen LogP contribution in [0.1, 0.15) is 87.7 Å². The number of halogens is 2. The van der Waals surface area contributed by atoms with Crippen molar-refractivity contribution in [3.05, 3.63) is 139 Å². The predicted molar refractivity (Wildman–Crippen MR) is 230 cm³/mol. The van der Waals surface area contributed by atoms with Crippen molar-refractivity contribution in [2.45, 2.75) is 77.0 Å². The van der Waals surface area contributed by atoms with E-state index in [1.165, 1.54) is 22.5 Å². The number of carbonyl (C=O) groups excluding carboxylic acids is 1. The highest BCUT2D eigenvalue weighted by atomic mass is 124. The first kappa shape index (κ1) is 40.2. The monoisotopic (exact) mass is 875 g/mol. The van der Waals surface area contributed by atoms with Crippen LogP contribution in [0.25, 0.3) is 0 Å². The minimum atomic E-state index is -3.99. The van der Waals surface area contributed by atoms with Gasteiger partial charge in [-0.1, -0.05) is 80.1 Å². The Bertz CT molecular complexity index is 2200. The van der Waals surface area contributed by atoms with Crippen molar-refractivity contribution in [2.24, 2.45) is 0 Å². The third-order valence-corrected chi connectivity index (χ3v) is 12.9. The Morgan fingerprint density at radius 2 is 1.67 bits per heavy atom. The molecule has 0 radical (unpaired) electrons. The SMILES string of the molecule is CC1(C)C(=CC=C2CCCC(C=CC3=[N+](CCCNC(=O)c4cccc([124I])c4)c4ccccc4C3(C)C)=C2Cl)N(CCCCS(=O)(=O)O)c2ccccc21. The highest BCUT2D eigenvalue weighted by molar-refractivity contribution is 14.1. The van der Waals surface area contributed by atoms with Crippen molar-refractivity contribution >= 4 is 67.3 Å². The Morgan fingerprint density at radius 3 is 2.43 bits per heavy atom. The second-order valence-corrected chi connectivity index (χ2v) is 18.6. The lowest BCUT2D eigenvalue weighted by atomic mass is 9.81. The third-order valence-electron chi connectivity index (χ3n) is 10.9. The van der Waals surface area contributed by atoms with Gasteiger partial charge in [-0.2, -0.15) is 13.0 Å². The number of carbonyl (C=O) groups is 1. The number of nitrogens with zero attached hydrogens (tertiary/aromatic N) is 2. The van der Waals surface area contributed by atoms with Gasteiger partial charge in [-0.15, -0.1) is 0 Å². The number of amides is 1. The summed E-state index contributed by atoms with van der Waals surface area (Å²) < 4.78 is 35.4. The standard InChI is InChI=1S/C44H49ClIN3O4S/c1-43(2)35-18-5-7-20-37(35)48(27-9-10-29-54(51,52)53)39(43)24-22-31-14-11-15-32(41(31)45)23-25-40-44(3,4)36-19-6-8-21-38(36)49(40)28-13-26-47-42(50)33-16-12-17-34(46)30-33/h5-8,12,16-25,30H,9-11,13-15,26-29H2,1-4H3,(H-,47,50,51,52,53)/p+1/i46-3. The van der Waals surface area contributed by atoms with E-state index >= 15 is 0 Å². The average molecular weight is 876 g/mol. The molecule has 3 aliphatic rings. The van der Waals surface area contributed by atoms with Gasteiger partial charge < -0.3 is 10.2 Å². The molecule has 2 aliphatic heterocycles. The molecule has 1 amide bonds. The number of hydrogen-bond acceptors (Lipinski definition) is 4. The second kappa shape index (κ2) is 16.7. The Balaban J connectivity index is 1.24. The fraction of sp³-hybridized carbons (Fsp3) is 0.364. The van der Waals surface area contributed by atoms with Crippen molar-refractivity contribution in [3.8, 4) is 0 Å². The summed E-state index contributed by atoms with van der Waals surface area (Å²) >= 11 is 9.45. The smallest absolute Gasteiger partial charge is 0.264 e. The van der Waals surface area contributed by atoms with Gasteiger partial charge in [0.15, 0.2) is 12.3 Å². The Kier molecular flexibility index (Phi) is 12.4. The van der Waals surface area contributed by atoms with Crippen LogP contribution in [0.4, 0.5) is 11.4 Å². The maximum Gasteiger partial charge on any atom is 0.264 e.